The third-order valence-corrected chi connectivity index (χ3v) is 4.94. The normalized spacial score (nSPS) is 11.7. The number of nitrogen functional groups attached to an aromatic ring is 1. The van der Waals surface area contributed by atoms with Gasteiger partial charge in [0.2, 0.25) is 0 Å². The maximum Gasteiger partial charge on any atom is 0.141 e. The van der Waals surface area contributed by atoms with E-state index in [-0.39, 0.29) is 5.41 Å². The van der Waals surface area contributed by atoms with E-state index in [1.165, 1.54) is 10.5 Å². The second kappa shape index (κ2) is 6.36. The molecule has 0 atom stereocenters. The molecule has 1 aromatic heterocycles. The van der Waals surface area contributed by atoms with Crippen LogP contribution in [0.3, 0.4) is 0 Å². The molecule has 0 aliphatic carbocycles. The Morgan fingerprint density at radius 3 is 2.17 bits per heavy atom. The van der Waals surface area contributed by atoms with Crippen LogP contribution in [0.15, 0.2) is 64.4 Å². The van der Waals surface area contributed by atoms with Gasteiger partial charge in [0.15, 0.2) is 0 Å². The first-order chi connectivity index (χ1) is 11.4. The zero-order valence-electron chi connectivity index (χ0n) is 14.6. The highest BCUT2D eigenvalue weighted by atomic mass is 32.2. The second-order valence-electron chi connectivity index (χ2n) is 6.98. The first-order valence-corrected chi connectivity index (χ1v) is 8.87. The lowest BCUT2D eigenvalue weighted by atomic mass is 9.92. The number of rotatable bonds is 3. The lowest BCUT2D eigenvalue weighted by Gasteiger charge is -2.17. The zero-order chi connectivity index (χ0) is 17.3. The van der Waals surface area contributed by atoms with Gasteiger partial charge < -0.3 is 5.73 Å². The van der Waals surface area contributed by atoms with Gasteiger partial charge >= 0.3 is 0 Å². The van der Waals surface area contributed by atoms with E-state index in [4.69, 9.17) is 10.8 Å². The van der Waals surface area contributed by atoms with E-state index in [1.807, 2.05) is 35.0 Å². The number of benzene rings is 2. The van der Waals surface area contributed by atoms with Crippen molar-refractivity contribution >= 4 is 17.6 Å². The number of hydrogen-bond donors (Lipinski definition) is 1. The molecule has 0 unspecified atom stereocenters. The fourth-order valence-electron chi connectivity index (χ4n) is 2.50. The number of aryl methyl sites for hydroxylation is 1. The molecule has 2 N–H and O–H groups in total. The molecule has 0 fully saturated rings. The molecule has 0 bridgehead atoms. The molecule has 0 saturated heterocycles. The molecule has 3 nitrogen and oxygen atoms in total. The van der Waals surface area contributed by atoms with E-state index < -0.39 is 0 Å². The van der Waals surface area contributed by atoms with Crippen LogP contribution in [0.1, 0.15) is 32.0 Å². The van der Waals surface area contributed by atoms with E-state index in [0.29, 0.717) is 5.82 Å². The average Bonchev–Trinajstić information content (AvgIpc) is 2.88. The Hall–Kier alpha value is -2.20. The fraction of sp³-hybridized carbons (Fsp3) is 0.250. The quantitative estimate of drug-likeness (QED) is 0.713. The van der Waals surface area contributed by atoms with Crippen LogP contribution < -0.4 is 5.73 Å². The van der Waals surface area contributed by atoms with E-state index in [1.54, 1.807) is 11.8 Å². The Labute approximate surface area is 147 Å². The monoisotopic (exact) mass is 337 g/mol. The molecule has 0 spiro atoms. The van der Waals surface area contributed by atoms with Gasteiger partial charge in [0.05, 0.1) is 16.3 Å². The lowest BCUT2D eigenvalue weighted by Crippen LogP contribution is -2.13. The molecule has 3 rings (SSSR count). The number of nitrogens with two attached hydrogens (primary N) is 1. The summed E-state index contributed by atoms with van der Waals surface area (Å²) in [5.74, 6) is 0.691. The Balaban J connectivity index is 2.09. The van der Waals surface area contributed by atoms with Crippen molar-refractivity contribution in [1.82, 2.24) is 9.78 Å². The van der Waals surface area contributed by atoms with Crippen molar-refractivity contribution in [1.29, 1.82) is 0 Å². The van der Waals surface area contributed by atoms with Gasteiger partial charge in [-0.05, 0) is 31.2 Å². The van der Waals surface area contributed by atoms with Gasteiger partial charge in [-0.2, -0.15) is 5.10 Å². The summed E-state index contributed by atoms with van der Waals surface area (Å²) >= 11 is 1.68. The van der Waals surface area contributed by atoms with Crippen LogP contribution in [-0.4, -0.2) is 9.78 Å². The SMILES string of the molecule is Cc1ccc(Sc2c(C(C)(C)C)nn(-c3ccccc3)c2N)cc1. The Kier molecular flexibility index (Phi) is 4.41. The van der Waals surface area contributed by atoms with Crippen molar-refractivity contribution in [3.8, 4) is 5.69 Å². The second-order valence-corrected chi connectivity index (χ2v) is 8.06. The summed E-state index contributed by atoms with van der Waals surface area (Å²) in [5, 5.41) is 4.84. The van der Waals surface area contributed by atoms with Gasteiger partial charge in [0, 0.05) is 10.3 Å². The summed E-state index contributed by atoms with van der Waals surface area (Å²) < 4.78 is 1.84. The van der Waals surface area contributed by atoms with Crippen LogP contribution in [0.2, 0.25) is 0 Å². The summed E-state index contributed by atoms with van der Waals surface area (Å²) in [6.07, 6.45) is 0. The van der Waals surface area contributed by atoms with Crippen molar-refractivity contribution in [3.63, 3.8) is 0 Å². The first-order valence-electron chi connectivity index (χ1n) is 8.05. The largest absolute Gasteiger partial charge is 0.383 e. The molecular weight excluding hydrogens is 314 g/mol. The summed E-state index contributed by atoms with van der Waals surface area (Å²) in [4.78, 5) is 2.21. The standard InChI is InChI=1S/C20H23N3S/c1-14-10-12-16(13-11-14)24-17-18(20(2,3)4)22-23(19(17)21)15-8-6-5-7-9-15/h5-13H,21H2,1-4H3. The molecule has 0 amide bonds. The molecule has 0 aliphatic heterocycles. The molecule has 0 aliphatic rings. The molecule has 0 saturated carbocycles. The molecule has 1 heterocycles. The Morgan fingerprint density at radius 1 is 0.958 bits per heavy atom. The highest BCUT2D eigenvalue weighted by Crippen LogP contribution is 2.40. The van der Waals surface area contributed by atoms with Gasteiger partial charge in [-0.3, -0.25) is 0 Å². The number of nitrogens with zero attached hydrogens (tertiary/aromatic N) is 2. The predicted molar refractivity (Wildman–Crippen MR) is 102 cm³/mol. The third-order valence-electron chi connectivity index (χ3n) is 3.83. The smallest absolute Gasteiger partial charge is 0.141 e. The molecule has 24 heavy (non-hydrogen) atoms. The zero-order valence-corrected chi connectivity index (χ0v) is 15.4. The van der Waals surface area contributed by atoms with Crippen molar-refractivity contribution in [2.75, 3.05) is 5.73 Å². The molecular formula is C20H23N3S. The van der Waals surface area contributed by atoms with Crippen molar-refractivity contribution < 1.29 is 0 Å². The number of hydrogen-bond acceptors (Lipinski definition) is 3. The van der Waals surface area contributed by atoms with E-state index in [0.717, 1.165) is 16.3 Å². The molecule has 124 valence electrons. The van der Waals surface area contributed by atoms with Gasteiger partial charge in [-0.25, -0.2) is 4.68 Å². The lowest BCUT2D eigenvalue weighted by molar-refractivity contribution is 0.551. The van der Waals surface area contributed by atoms with Gasteiger partial charge in [-0.1, -0.05) is 68.4 Å². The van der Waals surface area contributed by atoms with Gasteiger partial charge in [0.1, 0.15) is 5.82 Å². The minimum atomic E-state index is -0.0822. The topological polar surface area (TPSA) is 43.8 Å². The minimum Gasteiger partial charge on any atom is -0.383 e. The number of para-hydroxylation sites is 1. The summed E-state index contributed by atoms with van der Waals surface area (Å²) in [5.41, 5.74) is 9.67. The minimum absolute atomic E-state index is 0.0822. The fourth-order valence-corrected chi connectivity index (χ4v) is 3.64. The van der Waals surface area contributed by atoms with Gasteiger partial charge in [-0.15, -0.1) is 0 Å². The Morgan fingerprint density at radius 2 is 1.58 bits per heavy atom. The van der Waals surface area contributed by atoms with Crippen molar-refractivity contribution in [2.24, 2.45) is 0 Å². The first kappa shape index (κ1) is 16.7. The van der Waals surface area contributed by atoms with Crippen molar-refractivity contribution in [2.45, 2.75) is 42.9 Å². The molecule has 4 heteroatoms. The maximum atomic E-state index is 6.49. The van der Waals surface area contributed by atoms with Crippen LogP contribution in [0.4, 0.5) is 5.82 Å². The van der Waals surface area contributed by atoms with Crippen LogP contribution in [0.25, 0.3) is 5.69 Å². The third kappa shape index (κ3) is 3.34. The maximum absolute atomic E-state index is 6.49. The van der Waals surface area contributed by atoms with Crippen LogP contribution >= 0.6 is 11.8 Å². The van der Waals surface area contributed by atoms with E-state index in [2.05, 4.69) is 52.0 Å². The molecule has 0 radical (unpaired) electrons. The van der Waals surface area contributed by atoms with Crippen molar-refractivity contribution in [3.05, 3.63) is 65.9 Å². The summed E-state index contributed by atoms with van der Waals surface area (Å²) in [6.45, 7) is 8.60. The van der Waals surface area contributed by atoms with E-state index in [9.17, 15) is 0 Å². The highest BCUT2D eigenvalue weighted by molar-refractivity contribution is 7.99. The van der Waals surface area contributed by atoms with Gasteiger partial charge in [0.25, 0.3) is 0 Å². The van der Waals surface area contributed by atoms with Crippen LogP contribution in [0.5, 0.6) is 0 Å². The Bertz CT molecular complexity index is 828. The highest BCUT2D eigenvalue weighted by Gasteiger charge is 2.27. The molecule has 2 aromatic carbocycles. The van der Waals surface area contributed by atoms with Crippen LogP contribution in [-0.2, 0) is 5.41 Å². The van der Waals surface area contributed by atoms with E-state index >= 15 is 0 Å². The predicted octanol–water partition coefficient (Wildman–Crippen LogP) is 5.21. The number of aromatic nitrogens is 2. The summed E-state index contributed by atoms with van der Waals surface area (Å²) in [7, 11) is 0. The summed E-state index contributed by atoms with van der Waals surface area (Å²) in [6, 6.07) is 18.5. The molecule has 3 aromatic rings. The van der Waals surface area contributed by atoms with Crippen LogP contribution in [0, 0.1) is 6.92 Å². The average molecular weight is 337 g/mol. The number of anilines is 1.